The minimum Gasteiger partial charge on any atom is -0.481 e. The molecular formula is C21H30F2N2O3. The van der Waals surface area contributed by atoms with Crippen LogP contribution in [0.15, 0.2) is 23.8 Å². The summed E-state index contributed by atoms with van der Waals surface area (Å²) in [5, 5.41) is 17.3. The number of ether oxygens (including phenoxy) is 1. The molecule has 0 aromatic heterocycles. The van der Waals surface area contributed by atoms with Crippen LogP contribution in [0.4, 0.5) is 8.78 Å². The molecule has 0 aromatic rings. The molecule has 28 heavy (non-hydrogen) atoms. The van der Waals surface area contributed by atoms with Gasteiger partial charge < -0.3 is 9.84 Å². The summed E-state index contributed by atoms with van der Waals surface area (Å²) in [4.78, 5) is 13.2. The number of hydrogen-bond donors (Lipinski definition) is 2. The molecule has 5 nitrogen and oxygen atoms in total. The van der Waals surface area contributed by atoms with Gasteiger partial charge in [0.15, 0.2) is 0 Å². The minimum atomic E-state index is -2.51. The number of carboxylic acids is 1. The highest BCUT2D eigenvalue weighted by Crippen LogP contribution is 2.35. The van der Waals surface area contributed by atoms with E-state index in [1.54, 1.807) is 0 Å². The molecule has 2 fully saturated rings. The average molecular weight is 396 g/mol. The lowest BCUT2D eigenvalue weighted by Crippen LogP contribution is -2.46. The molecule has 0 amide bonds. The zero-order chi connectivity index (χ0) is 20.3. The van der Waals surface area contributed by atoms with Crippen LogP contribution in [0.3, 0.4) is 0 Å². The molecule has 0 radical (unpaired) electrons. The zero-order valence-electron chi connectivity index (χ0n) is 16.3. The second kappa shape index (κ2) is 8.72. The predicted molar refractivity (Wildman–Crippen MR) is 103 cm³/mol. The van der Waals surface area contributed by atoms with Gasteiger partial charge in [0.2, 0.25) is 5.90 Å². The topological polar surface area (TPSA) is 73.6 Å². The Hall–Kier alpha value is -1.76. The molecule has 0 bridgehead atoms. The summed E-state index contributed by atoms with van der Waals surface area (Å²) >= 11 is 0. The highest BCUT2D eigenvalue weighted by atomic mass is 19.3. The summed E-state index contributed by atoms with van der Waals surface area (Å²) in [6.07, 6.45) is 6.80. The Bertz CT molecular complexity index is 644. The number of carbonyl (C=O) groups is 1. The SMILES string of the molecule is C=C(C(=N)OC1CCC(N2CCC(F)(F)CC2)CC1)C1=CCC[C@@H]1CC(=O)O. The molecule has 1 heterocycles. The maximum absolute atomic E-state index is 13.3. The molecule has 0 spiro atoms. The van der Waals surface area contributed by atoms with Crippen LogP contribution < -0.4 is 0 Å². The fourth-order valence-electron chi connectivity index (χ4n) is 4.67. The third kappa shape index (κ3) is 5.19. The molecule has 7 heteroatoms. The van der Waals surface area contributed by atoms with Gasteiger partial charge in [0.05, 0.1) is 6.42 Å². The molecule has 1 saturated heterocycles. The molecular weight excluding hydrogens is 366 g/mol. The fourth-order valence-corrected chi connectivity index (χ4v) is 4.67. The monoisotopic (exact) mass is 396 g/mol. The van der Waals surface area contributed by atoms with Gasteiger partial charge in [0, 0.05) is 37.5 Å². The summed E-state index contributed by atoms with van der Waals surface area (Å²) < 4.78 is 32.5. The van der Waals surface area contributed by atoms with Crippen LogP contribution in [-0.2, 0) is 9.53 Å². The molecule has 0 unspecified atom stereocenters. The summed E-state index contributed by atoms with van der Waals surface area (Å²) in [5.41, 5.74) is 1.32. The van der Waals surface area contributed by atoms with Crippen molar-refractivity contribution in [2.75, 3.05) is 13.1 Å². The first-order chi connectivity index (χ1) is 13.2. The molecule has 2 aliphatic carbocycles. The summed E-state index contributed by atoms with van der Waals surface area (Å²) in [6.45, 7) is 4.88. The number of alkyl halides is 2. The van der Waals surface area contributed by atoms with Crippen LogP contribution in [0.1, 0.15) is 57.8 Å². The van der Waals surface area contributed by atoms with Gasteiger partial charge in [-0.15, -0.1) is 0 Å². The third-order valence-electron chi connectivity index (χ3n) is 6.34. The van der Waals surface area contributed by atoms with Crippen LogP contribution in [-0.4, -0.2) is 53.0 Å². The molecule has 3 aliphatic rings. The van der Waals surface area contributed by atoms with Crippen molar-refractivity contribution in [2.24, 2.45) is 5.92 Å². The molecule has 0 aromatic carbocycles. The number of nitrogens with one attached hydrogen (secondary N) is 1. The van der Waals surface area contributed by atoms with Gasteiger partial charge in [0.1, 0.15) is 6.10 Å². The van der Waals surface area contributed by atoms with E-state index in [0.717, 1.165) is 44.1 Å². The summed E-state index contributed by atoms with van der Waals surface area (Å²) in [6, 6.07) is 0.325. The third-order valence-corrected chi connectivity index (χ3v) is 6.34. The fraction of sp³-hybridized carbons (Fsp3) is 0.714. The van der Waals surface area contributed by atoms with Crippen molar-refractivity contribution < 1.29 is 23.4 Å². The van der Waals surface area contributed by atoms with Crippen molar-refractivity contribution in [3.63, 3.8) is 0 Å². The van der Waals surface area contributed by atoms with E-state index in [-0.39, 0.29) is 37.2 Å². The minimum absolute atomic E-state index is 0.0320. The highest BCUT2D eigenvalue weighted by Gasteiger charge is 2.37. The van der Waals surface area contributed by atoms with Gasteiger partial charge in [-0.3, -0.25) is 15.1 Å². The highest BCUT2D eigenvalue weighted by molar-refractivity contribution is 5.95. The predicted octanol–water partition coefficient (Wildman–Crippen LogP) is 4.39. The van der Waals surface area contributed by atoms with E-state index in [9.17, 15) is 13.6 Å². The van der Waals surface area contributed by atoms with Crippen molar-refractivity contribution in [1.82, 2.24) is 4.90 Å². The van der Waals surface area contributed by atoms with Crippen molar-refractivity contribution in [2.45, 2.75) is 75.9 Å². The van der Waals surface area contributed by atoms with Crippen molar-refractivity contribution in [3.8, 4) is 0 Å². The van der Waals surface area contributed by atoms with Crippen molar-refractivity contribution in [3.05, 3.63) is 23.8 Å². The molecule has 1 atom stereocenters. The van der Waals surface area contributed by atoms with Gasteiger partial charge in [-0.1, -0.05) is 12.7 Å². The van der Waals surface area contributed by atoms with Crippen molar-refractivity contribution in [1.29, 1.82) is 5.41 Å². The number of aliphatic carboxylic acids is 1. The molecule has 156 valence electrons. The van der Waals surface area contributed by atoms with E-state index >= 15 is 0 Å². The second-order valence-corrected chi connectivity index (χ2v) is 8.28. The number of allylic oxidation sites excluding steroid dienone is 1. The summed E-state index contributed by atoms with van der Waals surface area (Å²) in [5.74, 6) is -3.42. The Morgan fingerprint density at radius 2 is 1.89 bits per heavy atom. The Morgan fingerprint density at radius 1 is 1.25 bits per heavy atom. The van der Waals surface area contributed by atoms with Gasteiger partial charge in [-0.05, 0) is 50.0 Å². The Morgan fingerprint density at radius 3 is 2.50 bits per heavy atom. The van der Waals surface area contributed by atoms with Crippen LogP contribution in [0.25, 0.3) is 0 Å². The van der Waals surface area contributed by atoms with Crippen LogP contribution >= 0.6 is 0 Å². The smallest absolute Gasteiger partial charge is 0.303 e. The first-order valence-corrected chi connectivity index (χ1v) is 10.2. The van der Waals surface area contributed by atoms with Gasteiger partial charge >= 0.3 is 5.97 Å². The maximum Gasteiger partial charge on any atom is 0.303 e. The Labute approximate surface area is 164 Å². The zero-order valence-corrected chi connectivity index (χ0v) is 16.3. The van der Waals surface area contributed by atoms with E-state index in [4.69, 9.17) is 15.3 Å². The number of nitrogens with zero attached hydrogens (tertiary/aromatic N) is 1. The second-order valence-electron chi connectivity index (χ2n) is 8.28. The standard InChI is InChI=1S/C21H30F2N2O3/c1-14(18-4-2-3-15(18)13-19(26)27)20(24)28-17-7-5-16(6-8-17)25-11-9-21(22,23)10-12-25/h4,15-17,24H,1-3,5-13H2,(H,26,27)/t15-,16?,17?/m1/s1. The van der Waals surface area contributed by atoms with E-state index < -0.39 is 11.9 Å². The van der Waals surface area contributed by atoms with E-state index in [2.05, 4.69) is 11.5 Å². The van der Waals surface area contributed by atoms with Crippen LogP contribution in [0, 0.1) is 11.3 Å². The first kappa shape index (κ1) is 21.0. The lowest BCUT2D eigenvalue weighted by Gasteiger charge is -2.40. The van der Waals surface area contributed by atoms with Crippen LogP contribution in [0.2, 0.25) is 0 Å². The van der Waals surface area contributed by atoms with E-state index in [1.165, 1.54) is 0 Å². The first-order valence-electron chi connectivity index (χ1n) is 10.2. The molecule has 1 saturated carbocycles. The van der Waals surface area contributed by atoms with Gasteiger partial charge in [-0.2, -0.15) is 0 Å². The van der Waals surface area contributed by atoms with Crippen LogP contribution in [0.5, 0.6) is 0 Å². The summed E-state index contributed by atoms with van der Waals surface area (Å²) in [7, 11) is 0. The van der Waals surface area contributed by atoms with E-state index in [0.29, 0.717) is 24.7 Å². The normalized spacial score (nSPS) is 30.5. The average Bonchev–Trinajstić information content (AvgIpc) is 3.09. The number of halogens is 2. The number of piperidine rings is 1. The van der Waals surface area contributed by atoms with Crippen molar-refractivity contribution >= 4 is 11.9 Å². The number of hydrogen-bond acceptors (Lipinski definition) is 4. The number of carboxylic acid groups (broad SMARTS) is 1. The molecule has 2 N–H and O–H groups in total. The van der Waals surface area contributed by atoms with Gasteiger partial charge in [-0.25, -0.2) is 8.78 Å². The molecule has 1 aliphatic heterocycles. The number of likely N-dealkylation sites (tertiary alicyclic amines) is 1. The molecule has 3 rings (SSSR count). The largest absolute Gasteiger partial charge is 0.481 e. The lowest BCUT2D eigenvalue weighted by atomic mass is 9.90. The van der Waals surface area contributed by atoms with E-state index in [1.807, 2.05) is 6.08 Å². The Balaban J connectivity index is 1.45. The number of rotatable bonds is 6. The van der Waals surface area contributed by atoms with Gasteiger partial charge in [0.25, 0.3) is 5.92 Å². The Kier molecular flexibility index (Phi) is 6.53. The maximum atomic E-state index is 13.3. The quantitative estimate of drug-likeness (QED) is 0.516. The lowest BCUT2D eigenvalue weighted by molar-refractivity contribution is -0.137.